The average Bonchev–Trinajstić information content (AvgIpc) is 3.09. The maximum atomic E-state index is 12.5. The smallest absolute Gasteiger partial charge is 0.263 e. The lowest BCUT2D eigenvalue weighted by molar-refractivity contribution is -0.137. The van der Waals surface area contributed by atoms with Crippen molar-refractivity contribution in [2.45, 2.75) is 19.6 Å². The van der Waals surface area contributed by atoms with Gasteiger partial charge in [-0.1, -0.05) is 6.07 Å². The van der Waals surface area contributed by atoms with Crippen molar-refractivity contribution in [2.75, 3.05) is 21.0 Å². The van der Waals surface area contributed by atoms with Gasteiger partial charge < -0.3 is 23.8 Å². The number of amides is 1. The third kappa shape index (κ3) is 3.96. The van der Waals surface area contributed by atoms with Gasteiger partial charge in [0.2, 0.25) is 6.79 Å². The molecule has 0 aromatic heterocycles. The van der Waals surface area contributed by atoms with Crippen LogP contribution in [0.4, 0.5) is 0 Å². The third-order valence-electron chi connectivity index (χ3n) is 3.95. The van der Waals surface area contributed by atoms with Crippen LogP contribution in [0.1, 0.15) is 12.5 Å². The zero-order valence-corrected chi connectivity index (χ0v) is 14.5. The zero-order chi connectivity index (χ0) is 17.8. The molecule has 0 spiro atoms. The van der Waals surface area contributed by atoms with Gasteiger partial charge in [-0.15, -0.1) is 0 Å². The molecule has 1 aliphatic heterocycles. The number of rotatable bonds is 6. The Morgan fingerprint density at radius 3 is 2.52 bits per heavy atom. The fourth-order valence-corrected chi connectivity index (χ4v) is 2.61. The molecule has 1 amide bonds. The Hall–Kier alpha value is -2.89. The van der Waals surface area contributed by atoms with Gasteiger partial charge in [-0.05, 0) is 48.9 Å². The fourth-order valence-electron chi connectivity index (χ4n) is 2.61. The molecule has 0 radical (unpaired) electrons. The molecule has 0 saturated carbocycles. The molecular formula is C19H21NO5. The normalized spacial score (nSPS) is 13.2. The number of carbonyl (C=O) groups excluding carboxylic acids is 1. The van der Waals surface area contributed by atoms with Gasteiger partial charge in [0.15, 0.2) is 17.6 Å². The molecule has 0 aliphatic carbocycles. The summed E-state index contributed by atoms with van der Waals surface area (Å²) in [7, 11) is 3.36. The second kappa shape index (κ2) is 7.34. The Morgan fingerprint density at radius 2 is 1.80 bits per heavy atom. The predicted octanol–water partition coefficient (Wildman–Crippen LogP) is 2.85. The highest BCUT2D eigenvalue weighted by atomic mass is 16.7. The van der Waals surface area contributed by atoms with Crippen LogP contribution in [0, 0.1) is 0 Å². The largest absolute Gasteiger partial charge is 0.497 e. The summed E-state index contributed by atoms with van der Waals surface area (Å²) >= 11 is 0. The molecule has 0 unspecified atom stereocenters. The van der Waals surface area contributed by atoms with Crippen molar-refractivity contribution in [3.63, 3.8) is 0 Å². The van der Waals surface area contributed by atoms with Gasteiger partial charge >= 0.3 is 0 Å². The van der Waals surface area contributed by atoms with Crippen LogP contribution in [0.3, 0.4) is 0 Å². The topological polar surface area (TPSA) is 57.2 Å². The first kappa shape index (κ1) is 17.0. The summed E-state index contributed by atoms with van der Waals surface area (Å²) in [5, 5.41) is 0. The molecule has 0 saturated heterocycles. The molecule has 6 nitrogen and oxygen atoms in total. The average molecular weight is 343 g/mol. The van der Waals surface area contributed by atoms with Crippen LogP contribution >= 0.6 is 0 Å². The lowest BCUT2D eigenvalue weighted by atomic mass is 10.2. The van der Waals surface area contributed by atoms with E-state index in [1.807, 2.05) is 18.2 Å². The fraction of sp³-hybridized carbons (Fsp3) is 0.316. The Balaban J connectivity index is 1.59. The van der Waals surface area contributed by atoms with Crippen LogP contribution in [-0.2, 0) is 11.3 Å². The molecule has 0 fully saturated rings. The van der Waals surface area contributed by atoms with Gasteiger partial charge in [0.1, 0.15) is 11.5 Å². The summed E-state index contributed by atoms with van der Waals surface area (Å²) in [5.74, 6) is 2.70. The van der Waals surface area contributed by atoms with Crippen LogP contribution in [0.15, 0.2) is 42.5 Å². The van der Waals surface area contributed by atoms with Crippen LogP contribution in [0.5, 0.6) is 23.0 Å². The van der Waals surface area contributed by atoms with Gasteiger partial charge in [-0.25, -0.2) is 0 Å². The zero-order valence-electron chi connectivity index (χ0n) is 14.5. The number of nitrogens with zero attached hydrogens (tertiary/aromatic N) is 1. The predicted molar refractivity (Wildman–Crippen MR) is 92.1 cm³/mol. The van der Waals surface area contributed by atoms with E-state index in [0.717, 1.165) is 17.1 Å². The Kier molecular flexibility index (Phi) is 4.97. The lowest BCUT2D eigenvalue weighted by Crippen LogP contribution is -2.37. The maximum Gasteiger partial charge on any atom is 0.263 e. The second-order valence-electron chi connectivity index (χ2n) is 5.82. The molecule has 2 aromatic rings. The molecule has 25 heavy (non-hydrogen) atoms. The number of likely N-dealkylation sites (N-methyl/N-ethyl adjacent to an activating group) is 1. The summed E-state index contributed by atoms with van der Waals surface area (Å²) in [6, 6.07) is 12.8. The number of benzene rings is 2. The van der Waals surface area contributed by atoms with E-state index < -0.39 is 6.10 Å². The summed E-state index contributed by atoms with van der Waals surface area (Å²) in [5.41, 5.74) is 0.969. The highest BCUT2D eigenvalue weighted by Crippen LogP contribution is 2.32. The van der Waals surface area contributed by atoms with Crippen LogP contribution in [0.2, 0.25) is 0 Å². The SMILES string of the molecule is COc1ccc(O[C@H](C)C(=O)N(C)Cc2ccc3c(c2)OCO3)cc1. The van der Waals surface area contributed by atoms with Crippen molar-refractivity contribution in [1.82, 2.24) is 4.90 Å². The molecular weight excluding hydrogens is 322 g/mol. The first-order valence-electron chi connectivity index (χ1n) is 8.01. The molecule has 3 rings (SSSR count). The standard InChI is InChI=1S/C19H21NO5/c1-13(25-16-7-5-15(22-3)6-8-16)19(21)20(2)11-14-4-9-17-18(10-14)24-12-23-17/h4-10,13H,11-12H2,1-3H3/t13-/m1/s1. The Bertz CT molecular complexity index is 744. The summed E-state index contributed by atoms with van der Waals surface area (Å²) < 4.78 is 21.5. The molecule has 1 heterocycles. The molecule has 0 bridgehead atoms. The molecule has 2 aromatic carbocycles. The lowest BCUT2D eigenvalue weighted by Gasteiger charge is -2.22. The molecule has 1 atom stereocenters. The minimum Gasteiger partial charge on any atom is -0.497 e. The third-order valence-corrected chi connectivity index (χ3v) is 3.95. The van der Waals surface area contributed by atoms with Crippen LogP contribution in [-0.4, -0.2) is 37.9 Å². The number of hydrogen-bond donors (Lipinski definition) is 0. The van der Waals surface area contributed by atoms with Crippen molar-refractivity contribution in [2.24, 2.45) is 0 Å². The van der Waals surface area contributed by atoms with E-state index in [4.69, 9.17) is 18.9 Å². The minimum atomic E-state index is -0.590. The van der Waals surface area contributed by atoms with Gasteiger partial charge in [0, 0.05) is 13.6 Å². The van der Waals surface area contributed by atoms with Crippen LogP contribution < -0.4 is 18.9 Å². The Labute approximate surface area is 146 Å². The first-order chi connectivity index (χ1) is 12.1. The second-order valence-corrected chi connectivity index (χ2v) is 5.82. The van der Waals surface area contributed by atoms with Crippen LogP contribution in [0.25, 0.3) is 0 Å². The monoisotopic (exact) mass is 343 g/mol. The van der Waals surface area contributed by atoms with E-state index in [9.17, 15) is 4.79 Å². The molecule has 1 aliphatic rings. The van der Waals surface area contributed by atoms with Crippen molar-refractivity contribution in [3.8, 4) is 23.0 Å². The number of hydrogen-bond acceptors (Lipinski definition) is 5. The number of methoxy groups -OCH3 is 1. The quantitative estimate of drug-likeness (QED) is 0.807. The van der Waals surface area contributed by atoms with Gasteiger partial charge in [-0.3, -0.25) is 4.79 Å². The van der Waals surface area contributed by atoms with Crippen molar-refractivity contribution >= 4 is 5.91 Å². The maximum absolute atomic E-state index is 12.5. The van der Waals surface area contributed by atoms with E-state index in [0.29, 0.717) is 18.0 Å². The van der Waals surface area contributed by atoms with E-state index in [2.05, 4.69) is 0 Å². The van der Waals surface area contributed by atoms with Gasteiger partial charge in [0.25, 0.3) is 5.91 Å². The molecule has 132 valence electrons. The van der Waals surface area contributed by atoms with E-state index in [1.165, 1.54) is 0 Å². The first-order valence-corrected chi connectivity index (χ1v) is 8.01. The number of fused-ring (bicyclic) bond motifs is 1. The summed E-state index contributed by atoms with van der Waals surface area (Å²) in [6.45, 7) is 2.44. The summed E-state index contributed by atoms with van der Waals surface area (Å²) in [6.07, 6.45) is -0.590. The highest BCUT2D eigenvalue weighted by Gasteiger charge is 2.20. The molecule has 0 N–H and O–H groups in total. The Morgan fingerprint density at radius 1 is 1.12 bits per heavy atom. The van der Waals surface area contributed by atoms with Crippen molar-refractivity contribution in [1.29, 1.82) is 0 Å². The number of carbonyl (C=O) groups is 1. The van der Waals surface area contributed by atoms with Crippen molar-refractivity contribution in [3.05, 3.63) is 48.0 Å². The summed E-state index contributed by atoms with van der Waals surface area (Å²) in [4.78, 5) is 14.2. The van der Waals surface area contributed by atoms with Crippen molar-refractivity contribution < 1.29 is 23.7 Å². The van der Waals surface area contributed by atoms with Gasteiger partial charge in [-0.2, -0.15) is 0 Å². The molecule has 6 heteroatoms. The minimum absolute atomic E-state index is 0.103. The van der Waals surface area contributed by atoms with E-state index >= 15 is 0 Å². The van der Waals surface area contributed by atoms with E-state index in [1.54, 1.807) is 50.2 Å². The highest BCUT2D eigenvalue weighted by molar-refractivity contribution is 5.80. The van der Waals surface area contributed by atoms with E-state index in [-0.39, 0.29) is 12.7 Å². The van der Waals surface area contributed by atoms with Gasteiger partial charge in [0.05, 0.1) is 7.11 Å². The number of ether oxygens (including phenoxy) is 4.